The van der Waals surface area contributed by atoms with Crippen molar-refractivity contribution >= 4 is 17.3 Å². The molecule has 0 radical (unpaired) electrons. The van der Waals surface area contributed by atoms with Crippen molar-refractivity contribution in [2.75, 3.05) is 30.3 Å². The van der Waals surface area contributed by atoms with E-state index in [0.29, 0.717) is 29.7 Å². The van der Waals surface area contributed by atoms with Gasteiger partial charge in [0.25, 0.3) is 0 Å². The van der Waals surface area contributed by atoms with E-state index >= 15 is 0 Å². The second kappa shape index (κ2) is 7.91. The summed E-state index contributed by atoms with van der Waals surface area (Å²) in [6.45, 7) is 12.8. The molecule has 0 atom stereocenters. The number of carbonyl (C=O) groups is 1. The van der Waals surface area contributed by atoms with Gasteiger partial charge in [-0.25, -0.2) is 4.79 Å². The van der Waals surface area contributed by atoms with Gasteiger partial charge in [-0.15, -0.1) is 0 Å². The Balaban J connectivity index is 3.08. The molecule has 2 N–H and O–H groups in total. The zero-order valence-electron chi connectivity index (χ0n) is 13.8. The number of nitrogens with two attached hydrogens (primary N) is 1. The summed E-state index contributed by atoms with van der Waals surface area (Å²) in [6, 6.07) is 5.61. The average Bonchev–Trinajstić information content (AvgIpc) is 2.37. The molecule has 0 bridgehead atoms. The normalized spacial score (nSPS) is 11.0. The highest BCUT2D eigenvalue weighted by Crippen LogP contribution is 2.24. The third kappa shape index (κ3) is 5.29. The van der Waals surface area contributed by atoms with Crippen LogP contribution < -0.4 is 10.6 Å². The maximum atomic E-state index is 12.0. The molecule has 118 valence electrons. The summed E-state index contributed by atoms with van der Waals surface area (Å²) >= 11 is 0. The molecule has 4 heteroatoms. The van der Waals surface area contributed by atoms with E-state index in [9.17, 15) is 4.79 Å². The summed E-state index contributed by atoms with van der Waals surface area (Å²) in [5, 5.41) is 0. The number of hydrogen-bond donors (Lipinski definition) is 1. The zero-order chi connectivity index (χ0) is 16.0. The van der Waals surface area contributed by atoms with Crippen molar-refractivity contribution in [1.29, 1.82) is 0 Å². The Morgan fingerprint density at radius 2 is 1.76 bits per heavy atom. The number of carbonyl (C=O) groups excluding carboxylic acids is 1. The number of nitrogen functional groups attached to an aromatic ring is 1. The zero-order valence-corrected chi connectivity index (χ0v) is 13.8. The monoisotopic (exact) mass is 292 g/mol. The Hall–Kier alpha value is -1.71. The van der Waals surface area contributed by atoms with Gasteiger partial charge in [0.05, 0.1) is 12.2 Å². The number of rotatable bonds is 7. The van der Waals surface area contributed by atoms with Crippen LogP contribution in [-0.2, 0) is 4.74 Å². The Kier molecular flexibility index (Phi) is 6.53. The molecule has 1 aromatic carbocycles. The summed E-state index contributed by atoms with van der Waals surface area (Å²) in [4.78, 5) is 14.3. The number of esters is 1. The van der Waals surface area contributed by atoms with Crippen LogP contribution in [0.15, 0.2) is 18.2 Å². The minimum Gasteiger partial charge on any atom is -0.462 e. The van der Waals surface area contributed by atoms with E-state index in [1.54, 1.807) is 13.0 Å². The minimum absolute atomic E-state index is 0.351. The van der Waals surface area contributed by atoms with Gasteiger partial charge >= 0.3 is 5.97 Å². The maximum absolute atomic E-state index is 12.0. The first-order valence-corrected chi connectivity index (χ1v) is 7.66. The number of nitrogens with zero attached hydrogens (tertiary/aromatic N) is 1. The molecule has 0 heterocycles. The predicted molar refractivity (Wildman–Crippen MR) is 88.7 cm³/mol. The van der Waals surface area contributed by atoms with Crippen LogP contribution >= 0.6 is 0 Å². The number of hydrogen-bond acceptors (Lipinski definition) is 4. The lowest BCUT2D eigenvalue weighted by atomic mass is 10.1. The van der Waals surface area contributed by atoms with Crippen LogP contribution in [0.1, 0.15) is 45.0 Å². The molecule has 0 aliphatic carbocycles. The van der Waals surface area contributed by atoms with Gasteiger partial charge in [-0.2, -0.15) is 0 Å². The SMILES string of the molecule is CCOC(=O)c1cc(N(CC(C)C)CC(C)C)ccc1N. The number of benzene rings is 1. The lowest BCUT2D eigenvalue weighted by molar-refractivity contribution is 0.0527. The molecule has 0 unspecified atom stereocenters. The summed E-state index contributed by atoms with van der Waals surface area (Å²) in [7, 11) is 0. The lowest BCUT2D eigenvalue weighted by Gasteiger charge is -2.29. The largest absolute Gasteiger partial charge is 0.462 e. The molecule has 0 amide bonds. The van der Waals surface area contributed by atoms with E-state index in [4.69, 9.17) is 10.5 Å². The predicted octanol–water partition coefficient (Wildman–Crippen LogP) is 3.56. The van der Waals surface area contributed by atoms with Gasteiger partial charge in [0.1, 0.15) is 0 Å². The van der Waals surface area contributed by atoms with Crippen LogP contribution in [0.3, 0.4) is 0 Å². The topological polar surface area (TPSA) is 55.6 Å². The summed E-state index contributed by atoms with van der Waals surface area (Å²) in [5.41, 5.74) is 7.84. The first-order chi connectivity index (χ1) is 9.85. The molecule has 0 aliphatic heterocycles. The number of anilines is 2. The Labute approximate surface area is 128 Å². The smallest absolute Gasteiger partial charge is 0.340 e. The van der Waals surface area contributed by atoms with E-state index in [1.165, 1.54) is 0 Å². The Morgan fingerprint density at radius 3 is 2.24 bits per heavy atom. The second-order valence-corrected chi connectivity index (χ2v) is 6.18. The van der Waals surface area contributed by atoms with Crippen LogP contribution in [0.4, 0.5) is 11.4 Å². The molecule has 0 aromatic heterocycles. The van der Waals surface area contributed by atoms with Crippen LogP contribution in [-0.4, -0.2) is 25.7 Å². The fourth-order valence-electron chi connectivity index (χ4n) is 2.29. The fourth-order valence-corrected chi connectivity index (χ4v) is 2.29. The number of ether oxygens (including phenoxy) is 1. The Bertz CT molecular complexity index is 460. The maximum Gasteiger partial charge on any atom is 0.340 e. The third-order valence-electron chi connectivity index (χ3n) is 3.07. The molecular formula is C17H28N2O2. The van der Waals surface area contributed by atoms with E-state index in [1.807, 2.05) is 12.1 Å². The first kappa shape index (κ1) is 17.3. The average molecular weight is 292 g/mol. The van der Waals surface area contributed by atoms with Gasteiger partial charge in [-0.1, -0.05) is 27.7 Å². The van der Waals surface area contributed by atoms with Crippen molar-refractivity contribution in [3.8, 4) is 0 Å². The summed E-state index contributed by atoms with van der Waals surface area (Å²) < 4.78 is 5.07. The molecule has 0 saturated heterocycles. The third-order valence-corrected chi connectivity index (χ3v) is 3.07. The van der Waals surface area contributed by atoms with Gasteiger partial charge in [-0.05, 0) is 37.0 Å². The minimum atomic E-state index is -0.356. The summed E-state index contributed by atoms with van der Waals surface area (Å²) in [6.07, 6.45) is 0. The van der Waals surface area contributed by atoms with Gasteiger partial charge in [-0.3, -0.25) is 0 Å². The van der Waals surface area contributed by atoms with E-state index in [-0.39, 0.29) is 5.97 Å². The fraction of sp³-hybridized carbons (Fsp3) is 0.588. The van der Waals surface area contributed by atoms with Gasteiger partial charge < -0.3 is 15.4 Å². The quantitative estimate of drug-likeness (QED) is 0.616. The van der Waals surface area contributed by atoms with Gasteiger partial charge in [0.15, 0.2) is 0 Å². The van der Waals surface area contributed by atoms with Crippen LogP contribution in [0, 0.1) is 11.8 Å². The van der Waals surface area contributed by atoms with Crippen molar-refractivity contribution in [1.82, 2.24) is 0 Å². The highest BCUT2D eigenvalue weighted by atomic mass is 16.5. The van der Waals surface area contributed by atoms with Crippen LogP contribution in [0.5, 0.6) is 0 Å². The Morgan fingerprint density at radius 1 is 1.19 bits per heavy atom. The molecular weight excluding hydrogens is 264 g/mol. The molecule has 4 nitrogen and oxygen atoms in total. The van der Waals surface area contributed by atoms with E-state index in [0.717, 1.165) is 18.8 Å². The molecule has 0 saturated carbocycles. The van der Waals surface area contributed by atoms with E-state index < -0.39 is 0 Å². The highest BCUT2D eigenvalue weighted by molar-refractivity contribution is 5.96. The first-order valence-electron chi connectivity index (χ1n) is 7.66. The highest BCUT2D eigenvalue weighted by Gasteiger charge is 2.16. The molecule has 1 aromatic rings. The molecule has 21 heavy (non-hydrogen) atoms. The van der Waals surface area contributed by atoms with Crippen molar-refractivity contribution in [3.05, 3.63) is 23.8 Å². The van der Waals surface area contributed by atoms with Gasteiger partial charge in [0.2, 0.25) is 0 Å². The second-order valence-electron chi connectivity index (χ2n) is 6.18. The van der Waals surface area contributed by atoms with Gasteiger partial charge in [0, 0.05) is 24.5 Å². The van der Waals surface area contributed by atoms with Crippen molar-refractivity contribution in [2.24, 2.45) is 11.8 Å². The van der Waals surface area contributed by atoms with Crippen LogP contribution in [0.2, 0.25) is 0 Å². The molecule has 1 rings (SSSR count). The molecule has 0 aliphatic rings. The van der Waals surface area contributed by atoms with Crippen molar-refractivity contribution in [3.63, 3.8) is 0 Å². The van der Waals surface area contributed by atoms with Crippen molar-refractivity contribution < 1.29 is 9.53 Å². The van der Waals surface area contributed by atoms with E-state index in [2.05, 4.69) is 32.6 Å². The molecule has 0 spiro atoms. The van der Waals surface area contributed by atoms with Crippen molar-refractivity contribution in [2.45, 2.75) is 34.6 Å². The molecule has 0 fully saturated rings. The standard InChI is InChI=1S/C17H28N2O2/c1-6-21-17(20)15-9-14(7-8-16(15)18)19(10-12(2)3)11-13(4)5/h7-9,12-13H,6,10-11,18H2,1-5H3. The van der Waals surface area contributed by atoms with Crippen LogP contribution in [0.25, 0.3) is 0 Å². The lowest BCUT2D eigenvalue weighted by Crippen LogP contribution is -2.31. The summed E-state index contributed by atoms with van der Waals surface area (Å²) in [5.74, 6) is 0.741.